The molecular formula is C27H25FN4OS. The first-order valence-electron chi connectivity index (χ1n) is 11.4. The van der Waals surface area contributed by atoms with E-state index in [1.54, 1.807) is 24.5 Å². The fourth-order valence-corrected chi connectivity index (χ4v) is 5.04. The van der Waals surface area contributed by atoms with E-state index in [0.29, 0.717) is 16.4 Å². The van der Waals surface area contributed by atoms with Gasteiger partial charge < -0.3 is 0 Å². The van der Waals surface area contributed by atoms with Crippen LogP contribution >= 0.6 is 11.3 Å². The van der Waals surface area contributed by atoms with Gasteiger partial charge in [0.25, 0.3) is 5.91 Å². The molecule has 0 bridgehead atoms. The summed E-state index contributed by atoms with van der Waals surface area (Å²) in [4.78, 5) is 27.7. The Bertz CT molecular complexity index is 1220. The summed E-state index contributed by atoms with van der Waals surface area (Å²) >= 11 is 1.43. The number of hydrogen-bond donors (Lipinski definition) is 0. The van der Waals surface area contributed by atoms with Gasteiger partial charge in [0.15, 0.2) is 5.82 Å². The van der Waals surface area contributed by atoms with E-state index in [4.69, 9.17) is 4.98 Å². The molecule has 172 valence electrons. The zero-order chi connectivity index (χ0) is 23.3. The smallest absolute Gasteiger partial charge is 0.269 e. The predicted molar refractivity (Wildman–Crippen MR) is 133 cm³/mol. The highest BCUT2D eigenvalue weighted by Crippen LogP contribution is 2.28. The van der Waals surface area contributed by atoms with Crippen LogP contribution < -0.4 is 4.90 Å². The van der Waals surface area contributed by atoms with Gasteiger partial charge >= 0.3 is 0 Å². The van der Waals surface area contributed by atoms with Crippen LogP contribution in [-0.4, -0.2) is 39.9 Å². The van der Waals surface area contributed by atoms with Gasteiger partial charge in [-0.15, -0.1) is 11.3 Å². The van der Waals surface area contributed by atoms with Crippen LogP contribution in [0.15, 0.2) is 84.5 Å². The molecule has 1 aliphatic heterocycles. The maximum absolute atomic E-state index is 13.6. The van der Waals surface area contributed by atoms with Crippen LogP contribution in [-0.2, 0) is 6.54 Å². The van der Waals surface area contributed by atoms with Crippen molar-refractivity contribution in [1.82, 2.24) is 14.9 Å². The van der Waals surface area contributed by atoms with E-state index in [0.717, 1.165) is 38.0 Å². The normalized spacial score (nSPS) is 14.7. The monoisotopic (exact) mass is 472 g/mol. The SMILES string of the molecule is O=C(c1cccs1)N(c1cncc(-c2ccc(F)cc2)n1)C1CCN(Cc2ccccc2)CC1. The number of rotatable bonds is 6. The van der Waals surface area contributed by atoms with Gasteiger partial charge in [-0.1, -0.05) is 36.4 Å². The van der Waals surface area contributed by atoms with Gasteiger partial charge in [0.2, 0.25) is 0 Å². The van der Waals surface area contributed by atoms with Gasteiger partial charge in [0.05, 0.1) is 23.0 Å². The van der Waals surface area contributed by atoms with Crippen molar-refractivity contribution in [3.05, 3.63) is 101 Å². The minimum atomic E-state index is -0.301. The third kappa shape index (κ3) is 5.05. The van der Waals surface area contributed by atoms with Crippen molar-refractivity contribution in [3.63, 3.8) is 0 Å². The Labute approximate surface area is 202 Å². The molecule has 1 fully saturated rings. The van der Waals surface area contributed by atoms with Crippen molar-refractivity contribution in [1.29, 1.82) is 0 Å². The number of thiophene rings is 1. The fourth-order valence-electron chi connectivity index (χ4n) is 4.38. The molecule has 5 rings (SSSR count). The first-order valence-corrected chi connectivity index (χ1v) is 12.3. The lowest BCUT2D eigenvalue weighted by atomic mass is 10.0. The lowest BCUT2D eigenvalue weighted by Gasteiger charge is -2.38. The molecule has 3 heterocycles. The third-order valence-electron chi connectivity index (χ3n) is 6.13. The van der Waals surface area contributed by atoms with Crippen LogP contribution in [0.4, 0.5) is 10.2 Å². The van der Waals surface area contributed by atoms with Crippen LogP contribution in [0, 0.1) is 5.82 Å². The lowest BCUT2D eigenvalue weighted by molar-refractivity contribution is 0.0961. The van der Waals surface area contributed by atoms with E-state index < -0.39 is 0 Å². The molecule has 4 aromatic rings. The van der Waals surface area contributed by atoms with Gasteiger partial charge in [0, 0.05) is 31.2 Å². The molecule has 5 nitrogen and oxygen atoms in total. The summed E-state index contributed by atoms with van der Waals surface area (Å²) < 4.78 is 13.4. The second-order valence-corrected chi connectivity index (χ2v) is 9.36. The highest BCUT2D eigenvalue weighted by Gasteiger charge is 2.31. The molecule has 0 unspecified atom stereocenters. The molecule has 1 amide bonds. The molecule has 0 atom stereocenters. The summed E-state index contributed by atoms with van der Waals surface area (Å²) in [5.41, 5.74) is 2.67. The van der Waals surface area contributed by atoms with Crippen LogP contribution in [0.1, 0.15) is 28.1 Å². The maximum Gasteiger partial charge on any atom is 0.269 e. The van der Waals surface area contributed by atoms with Crippen LogP contribution in [0.5, 0.6) is 0 Å². The molecule has 0 radical (unpaired) electrons. The number of benzene rings is 2. The van der Waals surface area contributed by atoms with E-state index in [2.05, 4.69) is 34.1 Å². The first kappa shape index (κ1) is 22.4. The summed E-state index contributed by atoms with van der Waals surface area (Å²) in [7, 11) is 0. The minimum Gasteiger partial charge on any atom is -0.299 e. The number of anilines is 1. The number of likely N-dealkylation sites (tertiary alicyclic amines) is 1. The zero-order valence-corrected chi connectivity index (χ0v) is 19.5. The summed E-state index contributed by atoms with van der Waals surface area (Å²) in [6, 6.07) is 20.4. The van der Waals surface area contributed by atoms with E-state index >= 15 is 0 Å². The summed E-state index contributed by atoms with van der Waals surface area (Å²) in [5.74, 6) is 0.174. The Balaban J connectivity index is 1.39. The second kappa shape index (κ2) is 10.2. The standard InChI is InChI=1S/C27H25FN4OS/c28-22-10-8-21(9-11-22)24-17-29-18-26(30-24)32(27(33)25-7-4-16-34-25)23-12-14-31(15-13-23)19-20-5-2-1-3-6-20/h1-11,16-18,23H,12-15,19H2. The van der Waals surface area contributed by atoms with E-state index in [-0.39, 0.29) is 17.8 Å². The van der Waals surface area contributed by atoms with Crippen molar-refractivity contribution in [2.75, 3.05) is 18.0 Å². The quantitative estimate of drug-likeness (QED) is 0.364. The van der Waals surface area contributed by atoms with Crippen LogP contribution in [0.25, 0.3) is 11.3 Å². The summed E-state index contributed by atoms with van der Waals surface area (Å²) in [5, 5.41) is 1.91. The third-order valence-corrected chi connectivity index (χ3v) is 6.99. The molecular weight excluding hydrogens is 447 g/mol. The van der Waals surface area contributed by atoms with E-state index in [1.807, 2.05) is 28.5 Å². The summed E-state index contributed by atoms with van der Waals surface area (Å²) in [6.07, 6.45) is 5.00. The molecule has 2 aromatic carbocycles. The molecule has 0 aliphatic carbocycles. The van der Waals surface area contributed by atoms with Crippen LogP contribution in [0.3, 0.4) is 0 Å². The molecule has 7 heteroatoms. The molecule has 1 saturated heterocycles. The minimum absolute atomic E-state index is 0.0272. The van der Waals surface area contributed by atoms with Gasteiger partial charge in [0.1, 0.15) is 5.82 Å². The van der Waals surface area contributed by atoms with Gasteiger partial charge in [-0.05, 0) is 54.1 Å². The number of amides is 1. The number of carbonyl (C=O) groups excluding carboxylic acids is 1. The largest absolute Gasteiger partial charge is 0.299 e. The zero-order valence-electron chi connectivity index (χ0n) is 18.7. The van der Waals surface area contributed by atoms with Crippen molar-refractivity contribution < 1.29 is 9.18 Å². The van der Waals surface area contributed by atoms with Gasteiger partial charge in [-0.3, -0.25) is 19.6 Å². The number of carbonyl (C=O) groups is 1. The van der Waals surface area contributed by atoms with Gasteiger partial charge in [-0.25, -0.2) is 9.37 Å². The number of nitrogens with zero attached hydrogens (tertiary/aromatic N) is 4. The predicted octanol–water partition coefficient (Wildman–Crippen LogP) is 5.66. The van der Waals surface area contributed by atoms with Crippen molar-refractivity contribution in [2.45, 2.75) is 25.4 Å². The topological polar surface area (TPSA) is 49.3 Å². The number of piperidine rings is 1. The lowest BCUT2D eigenvalue weighted by Crippen LogP contribution is -2.47. The molecule has 0 saturated carbocycles. The van der Waals surface area contributed by atoms with Gasteiger partial charge in [-0.2, -0.15) is 0 Å². The van der Waals surface area contributed by atoms with E-state index in [1.165, 1.54) is 29.0 Å². The Morgan fingerprint density at radius 1 is 1.00 bits per heavy atom. The highest BCUT2D eigenvalue weighted by atomic mass is 32.1. The fraction of sp³-hybridized carbons (Fsp3) is 0.222. The molecule has 0 N–H and O–H groups in total. The highest BCUT2D eigenvalue weighted by molar-refractivity contribution is 7.12. The molecule has 1 aliphatic rings. The number of hydrogen-bond acceptors (Lipinski definition) is 5. The Hall–Kier alpha value is -3.42. The Morgan fingerprint density at radius 3 is 2.47 bits per heavy atom. The maximum atomic E-state index is 13.6. The average Bonchev–Trinajstić information content (AvgIpc) is 3.42. The van der Waals surface area contributed by atoms with Crippen molar-refractivity contribution >= 4 is 23.1 Å². The molecule has 0 spiro atoms. The van der Waals surface area contributed by atoms with Crippen molar-refractivity contribution in [3.8, 4) is 11.3 Å². The molecule has 34 heavy (non-hydrogen) atoms. The summed E-state index contributed by atoms with van der Waals surface area (Å²) in [6.45, 7) is 2.71. The number of halogens is 1. The van der Waals surface area contributed by atoms with Crippen LogP contribution in [0.2, 0.25) is 0 Å². The Kier molecular flexibility index (Phi) is 6.74. The van der Waals surface area contributed by atoms with Crippen molar-refractivity contribution in [2.24, 2.45) is 0 Å². The average molecular weight is 473 g/mol. The Morgan fingerprint density at radius 2 is 1.76 bits per heavy atom. The molecule has 2 aromatic heterocycles. The first-order chi connectivity index (χ1) is 16.7. The second-order valence-electron chi connectivity index (χ2n) is 8.41. The number of aromatic nitrogens is 2. The van der Waals surface area contributed by atoms with E-state index in [9.17, 15) is 9.18 Å².